The molecule has 2 aromatic rings. The molecule has 0 aliphatic heterocycles. The number of anilines is 1. The van der Waals surface area contributed by atoms with Gasteiger partial charge in [0.25, 0.3) is 0 Å². The third-order valence-corrected chi connectivity index (χ3v) is 3.41. The lowest BCUT2D eigenvalue weighted by Crippen LogP contribution is -2.11. The Balaban J connectivity index is 2.67. The Bertz CT molecular complexity index is 848. The number of hydrogen-bond acceptors (Lipinski definition) is 7. The second-order valence-electron chi connectivity index (χ2n) is 4.65. The summed E-state index contributed by atoms with van der Waals surface area (Å²) in [6.45, 7) is 0. The van der Waals surface area contributed by atoms with Gasteiger partial charge in [-0.05, 0) is 12.1 Å². The molecule has 2 N–H and O–H groups in total. The van der Waals surface area contributed by atoms with Crippen LogP contribution < -0.4 is 10.5 Å². The van der Waals surface area contributed by atoms with Gasteiger partial charge >= 0.3 is 11.9 Å². The third kappa shape index (κ3) is 2.75. The fourth-order valence-corrected chi connectivity index (χ4v) is 2.23. The summed E-state index contributed by atoms with van der Waals surface area (Å²) in [6.07, 6.45) is 1.41. The fourth-order valence-electron chi connectivity index (χ4n) is 2.23. The fraction of sp³-hybridized carbons (Fsp3) is 0.188. The van der Waals surface area contributed by atoms with Crippen LogP contribution in [0.3, 0.4) is 0 Å². The smallest absolute Gasteiger partial charge is 0.357 e. The molecule has 8 heteroatoms. The van der Waals surface area contributed by atoms with Gasteiger partial charge in [0, 0.05) is 18.0 Å². The lowest BCUT2D eigenvalue weighted by Gasteiger charge is -2.12. The number of esters is 2. The summed E-state index contributed by atoms with van der Waals surface area (Å²) in [5.74, 6) is -0.998. The Kier molecular flexibility index (Phi) is 4.75. The molecular formula is C16H15N3O5. The number of aromatic nitrogens is 1. The molecule has 0 fully saturated rings. The Morgan fingerprint density at radius 1 is 1.17 bits per heavy atom. The van der Waals surface area contributed by atoms with Crippen LogP contribution >= 0.6 is 0 Å². The van der Waals surface area contributed by atoms with Crippen molar-refractivity contribution in [1.29, 1.82) is 5.26 Å². The first-order valence-corrected chi connectivity index (χ1v) is 6.74. The molecular weight excluding hydrogens is 314 g/mol. The third-order valence-electron chi connectivity index (χ3n) is 3.41. The van der Waals surface area contributed by atoms with E-state index in [0.29, 0.717) is 5.69 Å². The van der Waals surface area contributed by atoms with E-state index in [1.807, 2.05) is 6.07 Å². The molecule has 0 aliphatic carbocycles. The van der Waals surface area contributed by atoms with Gasteiger partial charge < -0.3 is 24.5 Å². The predicted octanol–water partition coefficient (Wildman–Crippen LogP) is 1.51. The molecule has 0 spiro atoms. The zero-order valence-corrected chi connectivity index (χ0v) is 13.3. The molecule has 24 heavy (non-hydrogen) atoms. The van der Waals surface area contributed by atoms with Crippen LogP contribution in [0.5, 0.6) is 5.75 Å². The van der Waals surface area contributed by atoms with E-state index in [4.69, 9.17) is 20.5 Å². The minimum Gasteiger partial charge on any atom is -0.496 e. The van der Waals surface area contributed by atoms with Crippen LogP contribution in [0.15, 0.2) is 24.4 Å². The van der Waals surface area contributed by atoms with Crippen LogP contribution in [-0.2, 0) is 9.47 Å². The van der Waals surface area contributed by atoms with Crippen LogP contribution in [0.25, 0.3) is 5.69 Å². The zero-order chi connectivity index (χ0) is 17.9. The van der Waals surface area contributed by atoms with E-state index in [1.54, 1.807) is 6.07 Å². The first kappa shape index (κ1) is 16.9. The molecule has 0 radical (unpaired) electrons. The average molecular weight is 329 g/mol. The summed E-state index contributed by atoms with van der Waals surface area (Å²) < 4.78 is 16.0. The molecule has 2 rings (SSSR count). The van der Waals surface area contributed by atoms with Crippen molar-refractivity contribution >= 4 is 17.6 Å². The van der Waals surface area contributed by atoms with Gasteiger partial charge in [-0.15, -0.1) is 0 Å². The van der Waals surface area contributed by atoms with Gasteiger partial charge in [0.1, 0.15) is 17.4 Å². The quantitative estimate of drug-likeness (QED) is 0.845. The van der Waals surface area contributed by atoms with Gasteiger partial charge in [-0.1, -0.05) is 0 Å². The maximum Gasteiger partial charge on any atom is 0.357 e. The van der Waals surface area contributed by atoms with E-state index in [1.165, 1.54) is 44.2 Å². The summed E-state index contributed by atoms with van der Waals surface area (Å²) in [4.78, 5) is 23.7. The normalized spacial score (nSPS) is 9.92. The number of carbonyl (C=O) groups is 2. The molecule has 1 aromatic heterocycles. The average Bonchev–Trinajstić information content (AvgIpc) is 2.96. The predicted molar refractivity (Wildman–Crippen MR) is 84.1 cm³/mol. The van der Waals surface area contributed by atoms with Crippen LogP contribution in [0, 0.1) is 11.3 Å². The number of nitrogens with two attached hydrogens (primary N) is 1. The number of nitriles is 1. The number of nitrogen functional groups attached to an aromatic ring is 1. The Morgan fingerprint density at radius 3 is 2.38 bits per heavy atom. The van der Waals surface area contributed by atoms with Crippen molar-refractivity contribution in [3.05, 3.63) is 41.2 Å². The number of methoxy groups -OCH3 is 3. The molecule has 0 amide bonds. The SMILES string of the molecule is COC(=O)c1ccc(-n2cc(C#N)c(N)c2C(=O)OC)cc1OC. The second kappa shape index (κ2) is 6.75. The largest absolute Gasteiger partial charge is 0.496 e. The number of ether oxygens (including phenoxy) is 3. The first-order valence-electron chi connectivity index (χ1n) is 6.74. The maximum absolute atomic E-state index is 12.0. The zero-order valence-electron chi connectivity index (χ0n) is 13.3. The molecule has 124 valence electrons. The van der Waals surface area contributed by atoms with E-state index < -0.39 is 11.9 Å². The molecule has 8 nitrogen and oxygen atoms in total. The van der Waals surface area contributed by atoms with Crippen molar-refractivity contribution in [3.63, 3.8) is 0 Å². The van der Waals surface area contributed by atoms with Gasteiger partial charge in [-0.25, -0.2) is 9.59 Å². The second-order valence-corrected chi connectivity index (χ2v) is 4.65. The van der Waals surface area contributed by atoms with E-state index in [0.717, 1.165) is 0 Å². The van der Waals surface area contributed by atoms with Crippen molar-refractivity contribution in [1.82, 2.24) is 4.57 Å². The molecule has 0 saturated carbocycles. The van der Waals surface area contributed by atoms with Crippen molar-refractivity contribution < 1.29 is 23.8 Å². The molecule has 0 saturated heterocycles. The highest BCUT2D eigenvalue weighted by Gasteiger charge is 2.23. The monoisotopic (exact) mass is 329 g/mol. The van der Waals surface area contributed by atoms with Crippen LogP contribution in [0.1, 0.15) is 26.4 Å². The molecule has 0 bridgehead atoms. The van der Waals surface area contributed by atoms with Gasteiger partial charge in [-0.3, -0.25) is 0 Å². The minimum absolute atomic E-state index is 0.0142. The lowest BCUT2D eigenvalue weighted by molar-refractivity contribution is 0.0585. The highest BCUT2D eigenvalue weighted by molar-refractivity contribution is 5.96. The van der Waals surface area contributed by atoms with Gasteiger partial charge in [0.05, 0.1) is 32.6 Å². The van der Waals surface area contributed by atoms with Crippen molar-refractivity contribution in [2.45, 2.75) is 0 Å². The summed E-state index contributed by atoms with van der Waals surface area (Å²) >= 11 is 0. The number of nitrogens with zero attached hydrogens (tertiary/aromatic N) is 2. The summed E-state index contributed by atoms with van der Waals surface area (Å²) in [7, 11) is 3.88. The number of hydrogen-bond donors (Lipinski definition) is 1. The van der Waals surface area contributed by atoms with Crippen LogP contribution in [-0.4, -0.2) is 37.8 Å². The Morgan fingerprint density at radius 2 is 1.83 bits per heavy atom. The topological polar surface area (TPSA) is 117 Å². The summed E-state index contributed by atoms with van der Waals surface area (Å²) in [6, 6.07) is 6.50. The van der Waals surface area contributed by atoms with Gasteiger partial charge in [-0.2, -0.15) is 5.26 Å². The molecule has 0 aliphatic rings. The van der Waals surface area contributed by atoms with E-state index in [9.17, 15) is 9.59 Å². The van der Waals surface area contributed by atoms with Gasteiger partial charge in [0.2, 0.25) is 0 Å². The highest BCUT2D eigenvalue weighted by atomic mass is 16.5. The minimum atomic E-state index is -0.690. The van der Waals surface area contributed by atoms with Gasteiger partial charge in [0.15, 0.2) is 5.69 Å². The Hall–Kier alpha value is -3.47. The molecule has 0 atom stereocenters. The van der Waals surface area contributed by atoms with Crippen molar-refractivity contribution in [2.75, 3.05) is 27.1 Å². The van der Waals surface area contributed by atoms with Crippen LogP contribution in [0.2, 0.25) is 0 Å². The standard InChI is InChI=1S/C16H15N3O5/c1-22-12-6-10(4-5-11(12)15(20)23-2)19-8-9(7-17)13(18)14(19)16(21)24-3/h4-6,8H,18H2,1-3H3. The first-order chi connectivity index (χ1) is 11.5. The molecule has 0 unspecified atom stereocenters. The van der Waals surface area contributed by atoms with Crippen molar-refractivity contribution in [3.8, 4) is 17.5 Å². The molecule has 1 aromatic carbocycles. The van der Waals surface area contributed by atoms with E-state index >= 15 is 0 Å². The lowest BCUT2D eigenvalue weighted by atomic mass is 10.1. The number of carbonyl (C=O) groups excluding carboxylic acids is 2. The summed E-state index contributed by atoms with van der Waals surface area (Å²) in [5, 5.41) is 9.13. The van der Waals surface area contributed by atoms with E-state index in [-0.39, 0.29) is 28.3 Å². The van der Waals surface area contributed by atoms with Crippen molar-refractivity contribution in [2.24, 2.45) is 0 Å². The summed E-state index contributed by atoms with van der Waals surface area (Å²) in [5.41, 5.74) is 6.70. The number of rotatable bonds is 4. The molecule has 1 heterocycles. The van der Waals surface area contributed by atoms with E-state index in [2.05, 4.69) is 4.74 Å². The Labute approximate surface area is 137 Å². The highest BCUT2D eigenvalue weighted by Crippen LogP contribution is 2.28. The number of benzene rings is 1. The van der Waals surface area contributed by atoms with Crippen LogP contribution in [0.4, 0.5) is 5.69 Å². The maximum atomic E-state index is 12.0.